The topological polar surface area (TPSA) is 56.6 Å². The van der Waals surface area contributed by atoms with Gasteiger partial charge in [-0.2, -0.15) is 0 Å². The second-order valence-electron chi connectivity index (χ2n) is 7.75. The van der Waals surface area contributed by atoms with Gasteiger partial charge in [-0.05, 0) is 75.7 Å². The SMILES string of the molecule is COc1cccc2c(=O)n(-c3ccc(OCCCN4CCCCC4)cc3)c(C)nc12. The fourth-order valence-electron chi connectivity index (χ4n) is 4.11. The third-order valence-corrected chi connectivity index (χ3v) is 5.68. The first-order chi connectivity index (χ1) is 14.7. The van der Waals surface area contributed by atoms with E-state index in [9.17, 15) is 4.79 Å². The minimum Gasteiger partial charge on any atom is -0.494 e. The highest BCUT2D eigenvalue weighted by Crippen LogP contribution is 2.23. The summed E-state index contributed by atoms with van der Waals surface area (Å²) in [6, 6.07) is 13.0. The smallest absolute Gasteiger partial charge is 0.266 e. The molecule has 30 heavy (non-hydrogen) atoms. The fourth-order valence-corrected chi connectivity index (χ4v) is 4.11. The Morgan fingerprint density at radius 2 is 1.80 bits per heavy atom. The summed E-state index contributed by atoms with van der Waals surface area (Å²) >= 11 is 0. The molecule has 0 saturated carbocycles. The molecule has 1 aliphatic rings. The molecule has 0 unspecified atom stereocenters. The molecule has 3 aromatic rings. The average Bonchev–Trinajstić information content (AvgIpc) is 2.78. The van der Waals surface area contributed by atoms with Crippen molar-refractivity contribution in [1.82, 2.24) is 14.5 Å². The second-order valence-corrected chi connectivity index (χ2v) is 7.75. The molecule has 0 atom stereocenters. The summed E-state index contributed by atoms with van der Waals surface area (Å²) in [6.07, 6.45) is 5.02. The van der Waals surface area contributed by atoms with Crippen molar-refractivity contribution in [3.8, 4) is 17.2 Å². The number of aromatic nitrogens is 2. The molecule has 6 heteroatoms. The van der Waals surface area contributed by atoms with Crippen molar-refractivity contribution in [2.24, 2.45) is 0 Å². The summed E-state index contributed by atoms with van der Waals surface area (Å²) in [6.45, 7) is 6.06. The molecule has 158 valence electrons. The van der Waals surface area contributed by atoms with E-state index in [-0.39, 0.29) is 5.56 Å². The lowest BCUT2D eigenvalue weighted by atomic mass is 10.1. The predicted molar refractivity (Wildman–Crippen MR) is 119 cm³/mol. The maximum atomic E-state index is 13.1. The van der Waals surface area contributed by atoms with E-state index < -0.39 is 0 Å². The summed E-state index contributed by atoms with van der Waals surface area (Å²) in [7, 11) is 1.59. The number of hydrogen-bond acceptors (Lipinski definition) is 5. The number of benzene rings is 2. The second kappa shape index (κ2) is 9.30. The van der Waals surface area contributed by atoms with Crippen LogP contribution in [0.5, 0.6) is 11.5 Å². The highest BCUT2D eigenvalue weighted by Gasteiger charge is 2.13. The van der Waals surface area contributed by atoms with Crippen molar-refractivity contribution in [3.63, 3.8) is 0 Å². The highest BCUT2D eigenvalue weighted by molar-refractivity contribution is 5.84. The molecule has 0 amide bonds. The van der Waals surface area contributed by atoms with Crippen molar-refractivity contribution in [2.45, 2.75) is 32.6 Å². The summed E-state index contributed by atoms with van der Waals surface area (Å²) in [4.78, 5) is 20.2. The van der Waals surface area contributed by atoms with Gasteiger partial charge in [0, 0.05) is 6.54 Å². The van der Waals surface area contributed by atoms with Crippen molar-refractivity contribution in [3.05, 3.63) is 58.6 Å². The summed E-state index contributed by atoms with van der Waals surface area (Å²) in [5.74, 6) is 2.04. The molecule has 0 bridgehead atoms. The fraction of sp³-hybridized carbons (Fsp3) is 0.417. The van der Waals surface area contributed by atoms with Crippen LogP contribution in [0, 0.1) is 6.92 Å². The van der Waals surface area contributed by atoms with E-state index in [1.807, 2.05) is 43.3 Å². The Labute approximate surface area is 177 Å². The quantitative estimate of drug-likeness (QED) is 0.555. The van der Waals surface area contributed by atoms with Crippen LogP contribution < -0.4 is 15.0 Å². The van der Waals surface area contributed by atoms with Gasteiger partial charge in [0.05, 0.1) is 24.8 Å². The Balaban J connectivity index is 1.46. The van der Waals surface area contributed by atoms with Crippen LogP contribution in [0.15, 0.2) is 47.3 Å². The molecule has 0 spiro atoms. The predicted octanol–water partition coefficient (Wildman–Crippen LogP) is 3.96. The molecule has 0 aliphatic carbocycles. The van der Waals surface area contributed by atoms with E-state index in [1.165, 1.54) is 32.4 Å². The van der Waals surface area contributed by atoms with E-state index in [4.69, 9.17) is 9.47 Å². The first-order valence-electron chi connectivity index (χ1n) is 10.7. The van der Waals surface area contributed by atoms with Gasteiger partial charge in [-0.25, -0.2) is 4.98 Å². The van der Waals surface area contributed by atoms with Gasteiger partial charge < -0.3 is 14.4 Å². The van der Waals surface area contributed by atoms with Crippen LogP contribution in [0.1, 0.15) is 31.5 Å². The van der Waals surface area contributed by atoms with E-state index in [1.54, 1.807) is 17.7 Å². The standard InChI is InChI=1S/C24H29N3O3/c1-18-25-23-21(8-6-9-22(23)29-2)24(28)27(18)19-10-12-20(13-11-19)30-17-7-16-26-14-4-3-5-15-26/h6,8-13H,3-5,7,14-17H2,1-2H3. The van der Waals surface area contributed by atoms with Gasteiger partial charge in [0.25, 0.3) is 5.56 Å². The number of fused-ring (bicyclic) bond motifs is 1. The molecular weight excluding hydrogens is 378 g/mol. The average molecular weight is 408 g/mol. The molecule has 1 saturated heterocycles. The third kappa shape index (κ3) is 4.33. The lowest BCUT2D eigenvalue weighted by molar-refractivity contribution is 0.205. The Morgan fingerprint density at radius 3 is 2.53 bits per heavy atom. The number of ether oxygens (including phenoxy) is 2. The Hall–Kier alpha value is -2.86. The zero-order chi connectivity index (χ0) is 20.9. The third-order valence-electron chi connectivity index (χ3n) is 5.68. The number of para-hydroxylation sites is 1. The number of likely N-dealkylation sites (tertiary alicyclic amines) is 1. The van der Waals surface area contributed by atoms with Gasteiger partial charge in [-0.3, -0.25) is 9.36 Å². The monoisotopic (exact) mass is 407 g/mol. The Kier molecular flexibility index (Phi) is 6.33. The molecule has 1 fully saturated rings. The summed E-state index contributed by atoms with van der Waals surface area (Å²) in [5, 5.41) is 0.540. The summed E-state index contributed by atoms with van der Waals surface area (Å²) in [5.41, 5.74) is 1.26. The molecule has 0 N–H and O–H groups in total. The van der Waals surface area contributed by atoms with Gasteiger partial charge in [0.15, 0.2) is 0 Å². The van der Waals surface area contributed by atoms with Crippen LogP contribution in [-0.2, 0) is 0 Å². The number of piperidine rings is 1. The first kappa shape index (κ1) is 20.4. The summed E-state index contributed by atoms with van der Waals surface area (Å²) < 4.78 is 12.9. The number of methoxy groups -OCH3 is 1. The Morgan fingerprint density at radius 1 is 1.03 bits per heavy atom. The van der Waals surface area contributed by atoms with Crippen LogP contribution in [0.4, 0.5) is 0 Å². The molecule has 2 aromatic carbocycles. The van der Waals surface area contributed by atoms with Crippen molar-refractivity contribution < 1.29 is 9.47 Å². The minimum absolute atomic E-state index is 0.105. The molecule has 2 heterocycles. The Bertz CT molecular complexity index is 1050. The van der Waals surface area contributed by atoms with E-state index in [2.05, 4.69) is 9.88 Å². The minimum atomic E-state index is -0.105. The maximum Gasteiger partial charge on any atom is 0.266 e. The van der Waals surface area contributed by atoms with E-state index in [0.717, 1.165) is 24.4 Å². The van der Waals surface area contributed by atoms with Crippen molar-refractivity contribution in [1.29, 1.82) is 0 Å². The molecule has 6 nitrogen and oxygen atoms in total. The van der Waals surface area contributed by atoms with Crippen LogP contribution in [-0.4, -0.2) is 47.8 Å². The normalized spacial score (nSPS) is 14.7. The molecule has 1 aromatic heterocycles. The molecule has 4 rings (SSSR count). The highest BCUT2D eigenvalue weighted by atomic mass is 16.5. The van der Waals surface area contributed by atoms with Crippen LogP contribution >= 0.6 is 0 Å². The van der Waals surface area contributed by atoms with Gasteiger partial charge in [0.2, 0.25) is 0 Å². The van der Waals surface area contributed by atoms with E-state index >= 15 is 0 Å². The van der Waals surface area contributed by atoms with Gasteiger partial charge in [-0.1, -0.05) is 12.5 Å². The first-order valence-corrected chi connectivity index (χ1v) is 10.7. The molecule has 1 aliphatic heterocycles. The number of rotatable bonds is 7. The molecular formula is C24H29N3O3. The van der Waals surface area contributed by atoms with E-state index in [0.29, 0.717) is 29.1 Å². The van der Waals surface area contributed by atoms with Crippen LogP contribution in [0.2, 0.25) is 0 Å². The maximum absolute atomic E-state index is 13.1. The van der Waals surface area contributed by atoms with Crippen LogP contribution in [0.25, 0.3) is 16.6 Å². The van der Waals surface area contributed by atoms with Gasteiger partial charge >= 0.3 is 0 Å². The number of nitrogens with zero attached hydrogens (tertiary/aromatic N) is 3. The van der Waals surface area contributed by atoms with Gasteiger partial charge in [-0.15, -0.1) is 0 Å². The lowest BCUT2D eigenvalue weighted by Gasteiger charge is -2.26. The van der Waals surface area contributed by atoms with Crippen LogP contribution in [0.3, 0.4) is 0 Å². The number of hydrogen-bond donors (Lipinski definition) is 0. The van der Waals surface area contributed by atoms with Crippen molar-refractivity contribution >= 4 is 10.9 Å². The lowest BCUT2D eigenvalue weighted by Crippen LogP contribution is -2.31. The van der Waals surface area contributed by atoms with Gasteiger partial charge in [0.1, 0.15) is 22.8 Å². The zero-order valence-electron chi connectivity index (χ0n) is 17.8. The largest absolute Gasteiger partial charge is 0.494 e. The zero-order valence-corrected chi connectivity index (χ0v) is 17.8. The molecule has 0 radical (unpaired) electrons. The van der Waals surface area contributed by atoms with Crippen molar-refractivity contribution in [2.75, 3.05) is 33.4 Å². The number of aryl methyl sites for hydroxylation is 1.